The highest BCUT2D eigenvalue weighted by Gasteiger charge is 2.07. The van der Waals surface area contributed by atoms with Crippen molar-refractivity contribution in [3.63, 3.8) is 0 Å². The number of methoxy groups -OCH3 is 1. The fourth-order valence-corrected chi connectivity index (χ4v) is 1.19. The van der Waals surface area contributed by atoms with Crippen molar-refractivity contribution in [2.75, 3.05) is 7.11 Å². The highest BCUT2D eigenvalue weighted by Crippen LogP contribution is 2.20. The minimum Gasteiger partial charge on any atom is -0.496 e. The first-order chi connectivity index (χ1) is 6.33. The maximum atomic E-state index is 9.10. The Labute approximate surface area is 77.7 Å². The molecule has 3 nitrogen and oxygen atoms in total. The van der Waals surface area contributed by atoms with Gasteiger partial charge in [0.2, 0.25) is 0 Å². The van der Waals surface area contributed by atoms with Crippen molar-refractivity contribution in [1.29, 1.82) is 0 Å². The van der Waals surface area contributed by atoms with Gasteiger partial charge in [0.05, 0.1) is 19.4 Å². The van der Waals surface area contributed by atoms with Crippen LogP contribution in [0.2, 0.25) is 0 Å². The number of hydrogen-bond donors (Lipinski definition) is 1. The van der Waals surface area contributed by atoms with E-state index in [0.717, 1.165) is 11.3 Å². The Kier molecular flexibility index (Phi) is 3.46. The lowest BCUT2D eigenvalue weighted by molar-refractivity contribution is 0.272. The number of rotatable bonds is 4. The molecule has 0 aliphatic carbocycles. The molecule has 0 unspecified atom stereocenters. The fourth-order valence-electron chi connectivity index (χ4n) is 1.19. The van der Waals surface area contributed by atoms with Crippen LogP contribution in [0.3, 0.4) is 0 Å². The smallest absolute Gasteiger partial charge is 0.127 e. The molecule has 1 aromatic rings. The van der Waals surface area contributed by atoms with Crippen LogP contribution in [0, 0.1) is 0 Å². The largest absolute Gasteiger partial charge is 0.496 e. The van der Waals surface area contributed by atoms with Crippen LogP contribution in [0.1, 0.15) is 11.3 Å². The van der Waals surface area contributed by atoms with Crippen molar-refractivity contribution in [2.24, 2.45) is 0 Å². The summed E-state index contributed by atoms with van der Waals surface area (Å²) >= 11 is 0. The van der Waals surface area contributed by atoms with Gasteiger partial charge in [0.25, 0.3) is 0 Å². The van der Waals surface area contributed by atoms with Gasteiger partial charge < -0.3 is 9.84 Å². The van der Waals surface area contributed by atoms with Crippen LogP contribution in [0.4, 0.5) is 0 Å². The van der Waals surface area contributed by atoms with Crippen LogP contribution >= 0.6 is 0 Å². The molecular formula is C10H13NO2. The number of ether oxygens (including phenoxy) is 1. The Morgan fingerprint density at radius 2 is 2.46 bits per heavy atom. The number of aliphatic hydroxyl groups is 1. The minimum absolute atomic E-state index is 0.0554. The van der Waals surface area contributed by atoms with Gasteiger partial charge in [-0.2, -0.15) is 0 Å². The highest BCUT2D eigenvalue weighted by molar-refractivity contribution is 5.36. The van der Waals surface area contributed by atoms with Crippen LogP contribution in [-0.4, -0.2) is 17.2 Å². The van der Waals surface area contributed by atoms with Crippen molar-refractivity contribution < 1.29 is 9.84 Å². The SMILES string of the molecule is C=CCc1nccc(OC)c1CO. The second-order valence-electron chi connectivity index (χ2n) is 2.59. The second kappa shape index (κ2) is 4.62. The summed E-state index contributed by atoms with van der Waals surface area (Å²) in [7, 11) is 1.58. The molecule has 0 radical (unpaired) electrons. The summed E-state index contributed by atoms with van der Waals surface area (Å²) in [6.45, 7) is 3.57. The zero-order valence-corrected chi connectivity index (χ0v) is 7.66. The van der Waals surface area contributed by atoms with Gasteiger partial charge in [-0.3, -0.25) is 4.98 Å². The summed E-state index contributed by atoms with van der Waals surface area (Å²) in [6.07, 6.45) is 4.06. The molecule has 1 heterocycles. The third-order valence-electron chi connectivity index (χ3n) is 1.82. The van der Waals surface area contributed by atoms with E-state index in [2.05, 4.69) is 11.6 Å². The van der Waals surface area contributed by atoms with E-state index in [0.29, 0.717) is 12.2 Å². The summed E-state index contributed by atoms with van der Waals surface area (Å²) < 4.78 is 5.09. The Morgan fingerprint density at radius 1 is 1.69 bits per heavy atom. The van der Waals surface area contributed by atoms with Crippen LogP contribution in [0.15, 0.2) is 24.9 Å². The van der Waals surface area contributed by atoms with Gasteiger partial charge in [-0.15, -0.1) is 6.58 Å². The molecule has 3 heteroatoms. The molecule has 1 aromatic heterocycles. The number of nitrogens with zero attached hydrogens (tertiary/aromatic N) is 1. The lowest BCUT2D eigenvalue weighted by atomic mass is 10.1. The Bertz CT molecular complexity index is 297. The van der Waals surface area contributed by atoms with Crippen molar-refractivity contribution in [3.8, 4) is 5.75 Å². The van der Waals surface area contributed by atoms with Crippen LogP contribution < -0.4 is 4.74 Å². The lowest BCUT2D eigenvalue weighted by Crippen LogP contribution is -2.00. The van der Waals surface area contributed by atoms with Crippen LogP contribution in [0.5, 0.6) is 5.75 Å². The van der Waals surface area contributed by atoms with Crippen molar-refractivity contribution in [2.45, 2.75) is 13.0 Å². The lowest BCUT2D eigenvalue weighted by Gasteiger charge is -2.08. The summed E-state index contributed by atoms with van der Waals surface area (Å²) in [5.41, 5.74) is 1.56. The van der Waals surface area contributed by atoms with Gasteiger partial charge in [-0.05, 0) is 6.07 Å². The summed E-state index contributed by atoms with van der Waals surface area (Å²) in [5.74, 6) is 0.675. The monoisotopic (exact) mass is 179 g/mol. The Hall–Kier alpha value is -1.35. The molecule has 0 fully saturated rings. The summed E-state index contributed by atoms with van der Waals surface area (Å²) in [4.78, 5) is 4.14. The topological polar surface area (TPSA) is 42.4 Å². The van der Waals surface area contributed by atoms with E-state index in [-0.39, 0.29) is 6.61 Å². The minimum atomic E-state index is -0.0554. The van der Waals surface area contributed by atoms with Gasteiger partial charge in [-0.1, -0.05) is 6.08 Å². The zero-order chi connectivity index (χ0) is 9.68. The first-order valence-corrected chi connectivity index (χ1v) is 4.06. The van der Waals surface area contributed by atoms with Gasteiger partial charge in [0, 0.05) is 18.2 Å². The predicted molar refractivity (Wildman–Crippen MR) is 50.6 cm³/mol. The van der Waals surface area contributed by atoms with Crippen molar-refractivity contribution >= 4 is 0 Å². The van der Waals surface area contributed by atoms with Crippen molar-refractivity contribution in [3.05, 3.63) is 36.2 Å². The zero-order valence-electron chi connectivity index (χ0n) is 7.66. The summed E-state index contributed by atoms with van der Waals surface area (Å²) in [6, 6.07) is 1.73. The number of hydrogen-bond acceptors (Lipinski definition) is 3. The van der Waals surface area contributed by atoms with E-state index in [9.17, 15) is 0 Å². The molecule has 0 saturated carbocycles. The average Bonchev–Trinajstić information content (AvgIpc) is 2.18. The fraction of sp³-hybridized carbons (Fsp3) is 0.300. The molecule has 0 aromatic carbocycles. The molecular weight excluding hydrogens is 166 g/mol. The molecule has 0 spiro atoms. The number of allylic oxidation sites excluding steroid dienone is 1. The Morgan fingerprint density at radius 3 is 3.00 bits per heavy atom. The standard InChI is InChI=1S/C10H13NO2/c1-3-4-9-8(7-12)10(13-2)5-6-11-9/h3,5-6,12H,1,4,7H2,2H3. The molecule has 0 aliphatic rings. The third kappa shape index (κ3) is 2.06. The number of aromatic nitrogens is 1. The normalized spacial score (nSPS) is 9.69. The third-order valence-corrected chi connectivity index (χ3v) is 1.82. The van der Waals surface area contributed by atoms with Gasteiger partial charge in [0.1, 0.15) is 5.75 Å². The second-order valence-corrected chi connectivity index (χ2v) is 2.59. The maximum Gasteiger partial charge on any atom is 0.127 e. The van der Waals surface area contributed by atoms with Crippen LogP contribution in [-0.2, 0) is 13.0 Å². The first-order valence-electron chi connectivity index (χ1n) is 4.06. The van der Waals surface area contributed by atoms with Gasteiger partial charge in [0.15, 0.2) is 0 Å². The van der Waals surface area contributed by atoms with Crippen LogP contribution in [0.25, 0.3) is 0 Å². The highest BCUT2D eigenvalue weighted by atomic mass is 16.5. The molecule has 0 saturated heterocycles. The molecule has 0 aliphatic heterocycles. The Balaban J connectivity index is 3.10. The maximum absolute atomic E-state index is 9.10. The quantitative estimate of drug-likeness (QED) is 0.708. The van der Waals surface area contributed by atoms with Gasteiger partial charge in [-0.25, -0.2) is 0 Å². The number of aliphatic hydroxyl groups excluding tert-OH is 1. The molecule has 1 rings (SSSR count). The van der Waals surface area contributed by atoms with E-state index >= 15 is 0 Å². The first kappa shape index (κ1) is 9.74. The molecule has 70 valence electrons. The predicted octanol–water partition coefficient (Wildman–Crippen LogP) is 1.31. The van der Waals surface area contributed by atoms with E-state index in [4.69, 9.17) is 9.84 Å². The van der Waals surface area contributed by atoms with E-state index in [1.54, 1.807) is 25.4 Å². The van der Waals surface area contributed by atoms with Gasteiger partial charge >= 0.3 is 0 Å². The molecule has 1 N–H and O–H groups in total. The van der Waals surface area contributed by atoms with E-state index < -0.39 is 0 Å². The van der Waals surface area contributed by atoms with E-state index in [1.807, 2.05) is 0 Å². The summed E-state index contributed by atoms with van der Waals surface area (Å²) in [5, 5.41) is 9.10. The number of pyridine rings is 1. The molecule has 0 bridgehead atoms. The molecule has 0 amide bonds. The molecule has 13 heavy (non-hydrogen) atoms. The van der Waals surface area contributed by atoms with Crippen molar-refractivity contribution in [1.82, 2.24) is 4.98 Å². The van der Waals surface area contributed by atoms with E-state index in [1.165, 1.54) is 0 Å². The average molecular weight is 179 g/mol. The molecule has 0 atom stereocenters.